The molecule has 0 atom stereocenters. The molecule has 10 heteroatoms. The highest BCUT2D eigenvalue weighted by Crippen LogP contribution is 2.15. The lowest BCUT2D eigenvalue weighted by Gasteiger charge is -2.07. The number of carbonyl (C=O) groups is 1. The summed E-state index contributed by atoms with van der Waals surface area (Å²) in [5, 5.41) is 5.68. The van der Waals surface area contributed by atoms with Gasteiger partial charge in [0, 0.05) is 31.3 Å². The summed E-state index contributed by atoms with van der Waals surface area (Å²) >= 11 is 1.32. The molecule has 0 aliphatic rings. The van der Waals surface area contributed by atoms with Gasteiger partial charge in [0.2, 0.25) is 5.91 Å². The Morgan fingerprint density at radius 3 is 2.76 bits per heavy atom. The Kier molecular flexibility index (Phi) is 6.28. The Bertz CT molecular complexity index is 521. The summed E-state index contributed by atoms with van der Waals surface area (Å²) in [5.74, 6) is -0.0398. The molecule has 0 saturated carbocycles. The molecular formula is C11H14F3N5OS. The first-order valence-corrected chi connectivity index (χ1v) is 6.99. The van der Waals surface area contributed by atoms with Crippen LogP contribution in [0.4, 0.5) is 24.8 Å². The lowest BCUT2D eigenvalue weighted by molar-refractivity contribution is -0.117. The molecule has 1 rings (SSSR count). The van der Waals surface area contributed by atoms with Crippen molar-refractivity contribution in [2.45, 2.75) is 11.3 Å². The van der Waals surface area contributed by atoms with Crippen LogP contribution >= 0.6 is 11.8 Å². The summed E-state index contributed by atoms with van der Waals surface area (Å²) in [5.41, 5.74) is 5.58. The molecule has 1 aromatic rings. The number of thioether (sulfide) groups is 1. The van der Waals surface area contributed by atoms with Gasteiger partial charge in [0.1, 0.15) is 11.6 Å². The van der Waals surface area contributed by atoms with E-state index in [0.29, 0.717) is 22.9 Å². The van der Waals surface area contributed by atoms with Gasteiger partial charge in [-0.2, -0.15) is 13.2 Å². The van der Waals surface area contributed by atoms with Crippen molar-refractivity contribution in [3.8, 4) is 0 Å². The van der Waals surface area contributed by atoms with Crippen molar-refractivity contribution in [1.82, 2.24) is 15.3 Å². The fourth-order valence-electron chi connectivity index (χ4n) is 1.23. The van der Waals surface area contributed by atoms with Crippen LogP contribution in [0.25, 0.3) is 0 Å². The van der Waals surface area contributed by atoms with Crippen LogP contribution in [-0.2, 0) is 4.79 Å². The maximum atomic E-state index is 11.8. The number of nitrogens with one attached hydrogen (secondary N) is 2. The van der Waals surface area contributed by atoms with Crippen molar-refractivity contribution < 1.29 is 18.0 Å². The highest BCUT2D eigenvalue weighted by Gasteiger charge is 2.22. The van der Waals surface area contributed by atoms with Gasteiger partial charge in [0.05, 0.1) is 0 Å². The van der Waals surface area contributed by atoms with Gasteiger partial charge in [-0.25, -0.2) is 9.97 Å². The topological polar surface area (TPSA) is 92.9 Å². The predicted octanol–water partition coefficient (Wildman–Crippen LogP) is 1.43. The minimum Gasteiger partial charge on any atom is -0.383 e. The molecule has 0 saturated heterocycles. The molecule has 0 spiro atoms. The van der Waals surface area contributed by atoms with Crippen molar-refractivity contribution in [3.05, 3.63) is 18.2 Å². The lowest BCUT2D eigenvalue weighted by atomic mass is 10.4. The molecule has 1 aromatic heterocycles. The number of hydrogen-bond donors (Lipinski definition) is 3. The summed E-state index contributed by atoms with van der Waals surface area (Å²) in [6.45, 7) is 0.426. The third kappa shape index (κ3) is 7.40. The zero-order valence-corrected chi connectivity index (χ0v) is 11.9. The number of carbonyl (C=O) groups excluding carboxylic acids is 1. The molecule has 0 bridgehead atoms. The summed E-state index contributed by atoms with van der Waals surface area (Å²) in [7, 11) is 0. The minimum absolute atomic E-state index is 0.119. The van der Waals surface area contributed by atoms with Crippen LogP contribution in [0.2, 0.25) is 0 Å². The monoisotopic (exact) mass is 321 g/mol. The Morgan fingerprint density at radius 1 is 1.43 bits per heavy atom. The zero-order valence-electron chi connectivity index (χ0n) is 11.1. The van der Waals surface area contributed by atoms with Crippen molar-refractivity contribution in [2.75, 3.05) is 30.4 Å². The summed E-state index contributed by atoms with van der Waals surface area (Å²) in [4.78, 5) is 19.2. The SMILES string of the molecule is CSc1nc(N)cc(NCCNC(=O)C=CC(F)(F)F)n1. The van der Waals surface area contributed by atoms with E-state index in [4.69, 9.17) is 5.73 Å². The van der Waals surface area contributed by atoms with Crippen molar-refractivity contribution in [1.29, 1.82) is 0 Å². The maximum absolute atomic E-state index is 11.8. The first-order chi connectivity index (χ1) is 9.80. The maximum Gasteiger partial charge on any atom is 0.409 e. The molecule has 0 fully saturated rings. The average molecular weight is 321 g/mol. The number of nitrogens with two attached hydrogens (primary N) is 1. The number of aromatic nitrogens is 2. The zero-order chi connectivity index (χ0) is 15.9. The number of halogens is 3. The second-order valence-corrected chi connectivity index (χ2v) is 4.53. The number of nitrogen functional groups attached to an aromatic ring is 1. The fraction of sp³-hybridized carbons (Fsp3) is 0.364. The third-order valence-corrected chi connectivity index (χ3v) is 2.61. The van der Waals surface area contributed by atoms with Crippen LogP contribution in [0.5, 0.6) is 0 Å². The van der Waals surface area contributed by atoms with Gasteiger partial charge in [-0.05, 0) is 6.26 Å². The van der Waals surface area contributed by atoms with Crippen LogP contribution in [0, 0.1) is 0 Å². The van der Waals surface area contributed by atoms with Gasteiger partial charge in [-0.1, -0.05) is 11.8 Å². The largest absolute Gasteiger partial charge is 0.409 e. The molecule has 0 aliphatic heterocycles. The number of anilines is 2. The Balaban J connectivity index is 2.36. The van der Waals surface area contributed by atoms with E-state index in [2.05, 4.69) is 20.6 Å². The van der Waals surface area contributed by atoms with Gasteiger partial charge in [0.15, 0.2) is 5.16 Å². The molecule has 116 valence electrons. The number of nitrogens with zero attached hydrogens (tertiary/aromatic N) is 2. The van der Waals surface area contributed by atoms with Gasteiger partial charge in [-0.15, -0.1) is 0 Å². The number of hydrogen-bond acceptors (Lipinski definition) is 6. The first-order valence-electron chi connectivity index (χ1n) is 5.76. The summed E-state index contributed by atoms with van der Waals surface area (Å²) in [6, 6.07) is 1.52. The van der Waals surface area contributed by atoms with Gasteiger partial charge < -0.3 is 16.4 Å². The van der Waals surface area contributed by atoms with E-state index >= 15 is 0 Å². The molecule has 4 N–H and O–H groups in total. The molecule has 0 aromatic carbocycles. The number of allylic oxidation sites excluding steroid dienone is 1. The highest BCUT2D eigenvalue weighted by atomic mass is 32.2. The third-order valence-electron chi connectivity index (χ3n) is 2.06. The smallest absolute Gasteiger partial charge is 0.383 e. The average Bonchev–Trinajstić information content (AvgIpc) is 2.40. The quantitative estimate of drug-likeness (QED) is 0.318. The molecule has 1 heterocycles. The van der Waals surface area contributed by atoms with E-state index in [1.807, 2.05) is 0 Å². The Morgan fingerprint density at radius 2 is 2.14 bits per heavy atom. The first kappa shape index (κ1) is 17.1. The Hall–Kier alpha value is -1.97. The van der Waals surface area contributed by atoms with Crippen molar-refractivity contribution in [2.24, 2.45) is 0 Å². The molecule has 6 nitrogen and oxygen atoms in total. The van der Waals surface area contributed by atoms with Gasteiger partial charge >= 0.3 is 6.18 Å². The molecule has 1 amide bonds. The molecule has 0 aliphatic carbocycles. The molecular weight excluding hydrogens is 307 g/mol. The van der Waals surface area contributed by atoms with E-state index < -0.39 is 12.1 Å². The van der Waals surface area contributed by atoms with E-state index in [1.165, 1.54) is 17.8 Å². The summed E-state index contributed by atoms with van der Waals surface area (Å²) < 4.78 is 35.5. The van der Waals surface area contributed by atoms with E-state index in [0.717, 1.165) is 0 Å². The summed E-state index contributed by atoms with van der Waals surface area (Å²) in [6.07, 6.45) is -2.38. The molecule has 0 unspecified atom stereocenters. The van der Waals surface area contributed by atoms with Crippen LogP contribution in [0.15, 0.2) is 23.4 Å². The highest BCUT2D eigenvalue weighted by molar-refractivity contribution is 7.98. The molecule has 21 heavy (non-hydrogen) atoms. The minimum atomic E-state index is -4.50. The number of alkyl halides is 3. The lowest BCUT2D eigenvalue weighted by Crippen LogP contribution is -2.27. The van der Waals surface area contributed by atoms with Crippen molar-refractivity contribution >= 4 is 29.3 Å². The van der Waals surface area contributed by atoms with E-state index in [9.17, 15) is 18.0 Å². The second-order valence-electron chi connectivity index (χ2n) is 3.76. The predicted molar refractivity (Wildman–Crippen MR) is 74.9 cm³/mol. The van der Waals surface area contributed by atoms with E-state index in [1.54, 1.807) is 6.26 Å². The van der Waals surface area contributed by atoms with Gasteiger partial charge in [-0.3, -0.25) is 4.79 Å². The fourth-order valence-corrected chi connectivity index (χ4v) is 1.62. The van der Waals surface area contributed by atoms with Crippen LogP contribution in [0.1, 0.15) is 0 Å². The molecule has 0 radical (unpaired) electrons. The second kappa shape index (κ2) is 7.72. The van der Waals surface area contributed by atoms with Crippen molar-refractivity contribution in [3.63, 3.8) is 0 Å². The van der Waals surface area contributed by atoms with E-state index in [-0.39, 0.29) is 19.2 Å². The number of rotatable bonds is 6. The van der Waals surface area contributed by atoms with Crippen LogP contribution in [0.3, 0.4) is 0 Å². The van der Waals surface area contributed by atoms with Crippen LogP contribution in [-0.4, -0.2) is 41.4 Å². The standard InChI is InChI=1S/C11H14F3N5OS/c1-21-10-18-7(15)6-8(19-10)16-4-5-17-9(20)2-3-11(12,13)14/h2-3,6H,4-5H2,1H3,(H,17,20)(H3,15,16,18,19). The van der Waals surface area contributed by atoms with Gasteiger partial charge in [0.25, 0.3) is 0 Å². The Labute approximate surface area is 123 Å². The number of amides is 1. The van der Waals surface area contributed by atoms with Crippen LogP contribution < -0.4 is 16.4 Å². The normalized spacial score (nSPS) is 11.6.